The van der Waals surface area contributed by atoms with Crippen molar-refractivity contribution in [3.05, 3.63) is 16.7 Å². The van der Waals surface area contributed by atoms with E-state index in [1.807, 2.05) is 13.3 Å². The molecule has 0 saturated heterocycles. The lowest BCUT2D eigenvalue weighted by Gasteiger charge is -1.81. The molecule has 0 unspecified atom stereocenters. The normalized spacial score (nSPS) is 10.1. The van der Waals surface area contributed by atoms with Crippen molar-refractivity contribution in [1.29, 1.82) is 0 Å². The summed E-state index contributed by atoms with van der Waals surface area (Å²) in [7, 11) is 1.79. The molecule has 0 fully saturated rings. The van der Waals surface area contributed by atoms with Crippen molar-refractivity contribution in [3.8, 4) is 0 Å². The summed E-state index contributed by atoms with van der Waals surface area (Å²) in [6.07, 6.45) is 1.90. The van der Waals surface area contributed by atoms with Crippen LogP contribution in [0.25, 0.3) is 0 Å². The second-order valence-corrected chi connectivity index (χ2v) is 2.41. The van der Waals surface area contributed by atoms with Gasteiger partial charge in [0.1, 0.15) is 5.69 Å². The van der Waals surface area contributed by atoms with E-state index < -0.39 is 0 Å². The molecule has 1 rings (SSSR count). The molecule has 0 bridgehead atoms. The van der Waals surface area contributed by atoms with Gasteiger partial charge in [0.2, 0.25) is 0 Å². The van der Waals surface area contributed by atoms with Gasteiger partial charge in [-0.25, -0.2) is 0 Å². The van der Waals surface area contributed by atoms with Crippen LogP contribution in [-0.2, 0) is 7.05 Å². The van der Waals surface area contributed by atoms with Crippen molar-refractivity contribution in [2.24, 2.45) is 7.05 Å². The molecule has 0 aromatic carbocycles. The fourth-order valence-corrected chi connectivity index (χ4v) is 1.11. The second kappa shape index (κ2) is 2.47. The van der Waals surface area contributed by atoms with E-state index in [1.165, 1.54) is 4.80 Å². The zero-order valence-corrected chi connectivity index (χ0v) is 6.88. The van der Waals surface area contributed by atoms with E-state index in [9.17, 15) is 0 Å². The molecule has 0 N–H and O–H groups in total. The van der Waals surface area contributed by atoms with Gasteiger partial charge in [-0.3, -0.25) is 0 Å². The molecule has 1 aromatic heterocycles. The highest BCUT2D eigenvalue weighted by atomic mass is 79.9. The fourth-order valence-electron chi connectivity index (χ4n) is 0.575. The maximum Gasteiger partial charge on any atom is 0.151 e. The van der Waals surface area contributed by atoms with Crippen LogP contribution in [0.2, 0.25) is 0 Å². The third-order valence-corrected chi connectivity index (χ3v) is 1.53. The minimum absolute atomic E-state index is 0.799. The zero-order valence-electron chi connectivity index (χ0n) is 5.30. The standard InChI is InChI=1S/C5H7BrN3/c1-3-4-5(6)8-9(2)7-4/h3H,1-2H3. The maximum absolute atomic E-state index is 4.03. The Labute approximate surface area is 62.2 Å². The molecular formula is C5H7BrN3. The molecular weight excluding hydrogens is 182 g/mol. The van der Waals surface area contributed by atoms with Crippen molar-refractivity contribution >= 4 is 15.9 Å². The number of halogens is 1. The first-order valence-corrected chi connectivity index (χ1v) is 3.39. The summed E-state index contributed by atoms with van der Waals surface area (Å²) in [6.45, 7) is 1.93. The van der Waals surface area contributed by atoms with E-state index in [0.29, 0.717) is 0 Å². The fraction of sp³-hybridized carbons (Fsp3) is 0.400. The molecule has 49 valence electrons. The molecule has 9 heavy (non-hydrogen) atoms. The van der Waals surface area contributed by atoms with Crippen LogP contribution in [0.5, 0.6) is 0 Å². The van der Waals surface area contributed by atoms with Gasteiger partial charge in [-0.15, -0.1) is 5.10 Å². The van der Waals surface area contributed by atoms with E-state index in [1.54, 1.807) is 7.05 Å². The Balaban J connectivity index is 3.01. The Morgan fingerprint density at radius 3 is 2.44 bits per heavy atom. The van der Waals surface area contributed by atoms with Gasteiger partial charge in [0, 0.05) is 13.5 Å². The summed E-state index contributed by atoms with van der Waals surface area (Å²) in [5.74, 6) is 0. The molecule has 0 aliphatic heterocycles. The number of nitrogens with zero attached hydrogens (tertiary/aromatic N) is 3. The molecule has 0 saturated carbocycles. The van der Waals surface area contributed by atoms with Crippen molar-refractivity contribution in [2.75, 3.05) is 0 Å². The largest absolute Gasteiger partial charge is 0.187 e. The monoisotopic (exact) mass is 188 g/mol. The van der Waals surface area contributed by atoms with Gasteiger partial charge in [0.05, 0.1) is 0 Å². The summed E-state index contributed by atoms with van der Waals surface area (Å²) in [4.78, 5) is 1.53. The number of hydrogen-bond donors (Lipinski definition) is 0. The summed E-state index contributed by atoms with van der Waals surface area (Å²) in [5, 5.41) is 8.00. The molecule has 0 atom stereocenters. The van der Waals surface area contributed by atoms with Crippen LogP contribution in [0.1, 0.15) is 12.6 Å². The van der Waals surface area contributed by atoms with Crippen molar-refractivity contribution in [1.82, 2.24) is 15.0 Å². The molecule has 4 heteroatoms. The van der Waals surface area contributed by atoms with Crippen LogP contribution < -0.4 is 0 Å². The van der Waals surface area contributed by atoms with Gasteiger partial charge in [-0.05, 0) is 15.9 Å². The highest BCUT2D eigenvalue weighted by Gasteiger charge is 2.01. The minimum atomic E-state index is 0.799. The summed E-state index contributed by atoms with van der Waals surface area (Å²) in [5.41, 5.74) is 0.887. The van der Waals surface area contributed by atoms with Crippen LogP contribution in [-0.4, -0.2) is 15.0 Å². The highest BCUT2D eigenvalue weighted by Crippen LogP contribution is 2.10. The lowest BCUT2D eigenvalue weighted by molar-refractivity contribution is 0.647. The Kier molecular flexibility index (Phi) is 1.85. The first-order chi connectivity index (χ1) is 4.24. The van der Waals surface area contributed by atoms with Gasteiger partial charge >= 0.3 is 0 Å². The van der Waals surface area contributed by atoms with Crippen LogP contribution in [0, 0.1) is 6.42 Å². The minimum Gasteiger partial charge on any atom is -0.187 e. The number of aryl methyl sites for hydroxylation is 1. The summed E-state index contributed by atoms with van der Waals surface area (Å²) >= 11 is 3.25. The van der Waals surface area contributed by atoms with E-state index in [4.69, 9.17) is 0 Å². The SMILES string of the molecule is C[CH]c1nn(C)nc1Br. The van der Waals surface area contributed by atoms with Crippen LogP contribution in [0.4, 0.5) is 0 Å². The molecule has 1 heterocycles. The Morgan fingerprint density at radius 1 is 1.56 bits per heavy atom. The number of hydrogen-bond acceptors (Lipinski definition) is 2. The predicted molar refractivity (Wildman–Crippen MR) is 37.8 cm³/mol. The molecule has 1 radical (unpaired) electrons. The lowest BCUT2D eigenvalue weighted by atomic mass is 10.4. The van der Waals surface area contributed by atoms with Crippen LogP contribution in [0.15, 0.2) is 4.60 Å². The number of rotatable bonds is 1. The van der Waals surface area contributed by atoms with Crippen molar-refractivity contribution in [3.63, 3.8) is 0 Å². The van der Waals surface area contributed by atoms with Gasteiger partial charge in [0.15, 0.2) is 4.60 Å². The molecule has 0 spiro atoms. The highest BCUT2D eigenvalue weighted by molar-refractivity contribution is 9.10. The van der Waals surface area contributed by atoms with E-state index in [-0.39, 0.29) is 0 Å². The first kappa shape index (κ1) is 6.74. The van der Waals surface area contributed by atoms with Gasteiger partial charge in [0.25, 0.3) is 0 Å². The summed E-state index contributed by atoms with van der Waals surface area (Å²) < 4.78 is 0.799. The quantitative estimate of drug-likeness (QED) is 0.663. The lowest BCUT2D eigenvalue weighted by Crippen LogP contribution is -1.91. The maximum atomic E-state index is 4.03. The van der Waals surface area contributed by atoms with E-state index in [0.717, 1.165) is 10.3 Å². The van der Waals surface area contributed by atoms with Crippen molar-refractivity contribution < 1.29 is 0 Å². The first-order valence-electron chi connectivity index (χ1n) is 2.60. The van der Waals surface area contributed by atoms with Gasteiger partial charge < -0.3 is 0 Å². The molecule has 0 amide bonds. The smallest absolute Gasteiger partial charge is 0.151 e. The molecule has 3 nitrogen and oxygen atoms in total. The summed E-state index contributed by atoms with van der Waals surface area (Å²) in [6, 6.07) is 0. The number of aromatic nitrogens is 3. The average Bonchev–Trinajstić information content (AvgIpc) is 2.10. The molecule has 0 aliphatic carbocycles. The van der Waals surface area contributed by atoms with E-state index in [2.05, 4.69) is 26.1 Å². The van der Waals surface area contributed by atoms with Crippen LogP contribution >= 0.6 is 15.9 Å². The Hall–Kier alpha value is -0.380. The predicted octanol–water partition coefficient (Wildman–Crippen LogP) is 1.15. The zero-order chi connectivity index (χ0) is 6.85. The third kappa shape index (κ3) is 1.30. The van der Waals surface area contributed by atoms with Gasteiger partial charge in [-0.2, -0.15) is 9.90 Å². The van der Waals surface area contributed by atoms with Crippen LogP contribution in [0.3, 0.4) is 0 Å². The average molecular weight is 189 g/mol. The third-order valence-electron chi connectivity index (χ3n) is 0.970. The second-order valence-electron chi connectivity index (χ2n) is 1.65. The Morgan fingerprint density at radius 2 is 2.22 bits per heavy atom. The topological polar surface area (TPSA) is 30.7 Å². The molecule has 1 aromatic rings. The molecule has 0 aliphatic rings. The Bertz CT molecular complexity index is 206. The van der Waals surface area contributed by atoms with Gasteiger partial charge in [-0.1, -0.05) is 6.92 Å². The van der Waals surface area contributed by atoms with E-state index >= 15 is 0 Å². The van der Waals surface area contributed by atoms with Crippen molar-refractivity contribution in [2.45, 2.75) is 6.92 Å².